The van der Waals surface area contributed by atoms with E-state index in [9.17, 15) is 14.4 Å². The standard InChI is InChI=1S/C19H34N4O3/c1-14(2)20-16(24)13-21-9-11-22(12-10-21)17(25)15-7-6-8-23(15)18(26)19(3,4)5/h14-15H,6-13H2,1-5H3,(H,20,24). The van der Waals surface area contributed by atoms with Crippen LogP contribution in [0.25, 0.3) is 0 Å². The highest BCUT2D eigenvalue weighted by Crippen LogP contribution is 2.26. The number of amides is 3. The van der Waals surface area contributed by atoms with E-state index >= 15 is 0 Å². The summed E-state index contributed by atoms with van der Waals surface area (Å²) in [5.74, 6) is 0.140. The number of piperazine rings is 1. The van der Waals surface area contributed by atoms with Gasteiger partial charge in [0.1, 0.15) is 6.04 Å². The zero-order valence-corrected chi connectivity index (χ0v) is 16.9. The fourth-order valence-corrected chi connectivity index (χ4v) is 3.61. The van der Waals surface area contributed by atoms with Gasteiger partial charge in [-0.1, -0.05) is 20.8 Å². The van der Waals surface area contributed by atoms with Gasteiger partial charge in [0.05, 0.1) is 6.54 Å². The number of carbonyl (C=O) groups is 3. The number of carbonyl (C=O) groups excluding carboxylic acids is 3. The molecule has 0 aliphatic carbocycles. The second-order valence-electron chi connectivity index (χ2n) is 8.73. The topological polar surface area (TPSA) is 73.0 Å². The van der Waals surface area contributed by atoms with Gasteiger partial charge in [0.15, 0.2) is 0 Å². The third-order valence-electron chi connectivity index (χ3n) is 4.94. The van der Waals surface area contributed by atoms with Crippen LogP contribution in [-0.4, -0.2) is 83.8 Å². The van der Waals surface area contributed by atoms with Crippen molar-refractivity contribution in [3.63, 3.8) is 0 Å². The quantitative estimate of drug-likeness (QED) is 0.795. The number of likely N-dealkylation sites (tertiary alicyclic amines) is 1. The molecule has 7 heteroatoms. The second kappa shape index (κ2) is 8.37. The number of hydrogen-bond acceptors (Lipinski definition) is 4. The van der Waals surface area contributed by atoms with Gasteiger partial charge in [0.2, 0.25) is 17.7 Å². The molecule has 1 N–H and O–H groups in total. The summed E-state index contributed by atoms with van der Waals surface area (Å²) in [7, 11) is 0. The maximum Gasteiger partial charge on any atom is 0.245 e. The molecule has 0 radical (unpaired) electrons. The third-order valence-corrected chi connectivity index (χ3v) is 4.94. The van der Waals surface area contributed by atoms with E-state index in [4.69, 9.17) is 0 Å². The van der Waals surface area contributed by atoms with Crippen LogP contribution in [0, 0.1) is 5.41 Å². The van der Waals surface area contributed by atoms with Gasteiger partial charge in [-0.2, -0.15) is 0 Å². The lowest BCUT2D eigenvalue weighted by Crippen LogP contribution is -2.56. The molecule has 0 spiro atoms. The lowest BCUT2D eigenvalue weighted by Gasteiger charge is -2.38. The molecule has 2 heterocycles. The Morgan fingerprint density at radius 1 is 1.04 bits per heavy atom. The molecule has 26 heavy (non-hydrogen) atoms. The lowest BCUT2D eigenvalue weighted by atomic mass is 9.94. The van der Waals surface area contributed by atoms with E-state index in [1.54, 1.807) is 4.90 Å². The average Bonchev–Trinajstić information content (AvgIpc) is 3.01. The maximum absolute atomic E-state index is 13.0. The summed E-state index contributed by atoms with van der Waals surface area (Å²) in [4.78, 5) is 43.2. The van der Waals surface area contributed by atoms with E-state index in [0.29, 0.717) is 39.3 Å². The zero-order valence-electron chi connectivity index (χ0n) is 16.9. The first-order chi connectivity index (χ1) is 12.1. The second-order valence-corrected chi connectivity index (χ2v) is 8.73. The fraction of sp³-hybridized carbons (Fsp3) is 0.842. The molecule has 1 atom stereocenters. The summed E-state index contributed by atoms with van der Waals surface area (Å²) >= 11 is 0. The Hall–Kier alpha value is -1.63. The van der Waals surface area contributed by atoms with Crippen LogP contribution in [0.1, 0.15) is 47.5 Å². The van der Waals surface area contributed by atoms with Crippen molar-refractivity contribution in [2.45, 2.75) is 59.5 Å². The minimum absolute atomic E-state index is 0.0255. The molecular weight excluding hydrogens is 332 g/mol. The van der Waals surface area contributed by atoms with Crippen molar-refractivity contribution in [2.75, 3.05) is 39.3 Å². The van der Waals surface area contributed by atoms with Gasteiger partial charge in [-0.15, -0.1) is 0 Å². The van der Waals surface area contributed by atoms with Crippen LogP contribution in [0.4, 0.5) is 0 Å². The normalized spacial score (nSPS) is 22.0. The van der Waals surface area contributed by atoms with Gasteiger partial charge in [-0.25, -0.2) is 0 Å². The molecule has 0 aromatic carbocycles. The predicted molar refractivity (Wildman–Crippen MR) is 100 cm³/mol. The van der Waals surface area contributed by atoms with Crippen LogP contribution in [0.2, 0.25) is 0 Å². The molecule has 2 aliphatic rings. The number of nitrogens with one attached hydrogen (secondary N) is 1. The molecule has 3 amide bonds. The number of hydrogen-bond donors (Lipinski definition) is 1. The molecule has 0 bridgehead atoms. The Morgan fingerprint density at radius 2 is 1.65 bits per heavy atom. The molecule has 2 rings (SSSR count). The lowest BCUT2D eigenvalue weighted by molar-refractivity contribution is -0.149. The van der Waals surface area contributed by atoms with Crippen molar-refractivity contribution >= 4 is 17.7 Å². The summed E-state index contributed by atoms with van der Waals surface area (Å²) in [6, 6.07) is -0.184. The molecule has 2 saturated heterocycles. The van der Waals surface area contributed by atoms with Crippen molar-refractivity contribution in [3.8, 4) is 0 Å². The number of nitrogens with zero attached hydrogens (tertiary/aromatic N) is 3. The minimum atomic E-state index is -0.467. The van der Waals surface area contributed by atoms with Crippen LogP contribution in [-0.2, 0) is 14.4 Å². The fourth-order valence-electron chi connectivity index (χ4n) is 3.61. The van der Waals surface area contributed by atoms with Crippen molar-refractivity contribution in [1.82, 2.24) is 20.0 Å². The Kier molecular flexibility index (Phi) is 6.66. The highest BCUT2D eigenvalue weighted by molar-refractivity contribution is 5.90. The van der Waals surface area contributed by atoms with E-state index in [1.165, 1.54) is 0 Å². The van der Waals surface area contributed by atoms with Crippen LogP contribution in [0.15, 0.2) is 0 Å². The largest absolute Gasteiger partial charge is 0.353 e. The van der Waals surface area contributed by atoms with Gasteiger partial charge in [0.25, 0.3) is 0 Å². The van der Waals surface area contributed by atoms with E-state index in [0.717, 1.165) is 12.8 Å². The Morgan fingerprint density at radius 3 is 2.19 bits per heavy atom. The Labute approximate surface area is 157 Å². The molecule has 0 aromatic heterocycles. The molecule has 1 unspecified atom stereocenters. The van der Waals surface area contributed by atoms with Gasteiger partial charge < -0.3 is 15.1 Å². The van der Waals surface area contributed by atoms with Crippen LogP contribution >= 0.6 is 0 Å². The Bertz CT molecular complexity index is 533. The van der Waals surface area contributed by atoms with Crippen LogP contribution in [0.5, 0.6) is 0 Å². The molecule has 148 valence electrons. The van der Waals surface area contributed by atoms with Crippen LogP contribution in [0.3, 0.4) is 0 Å². The van der Waals surface area contributed by atoms with Gasteiger partial charge in [-0.3, -0.25) is 19.3 Å². The monoisotopic (exact) mass is 366 g/mol. The Balaban J connectivity index is 1.88. The minimum Gasteiger partial charge on any atom is -0.353 e. The third kappa shape index (κ3) is 5.19. The maximum atomic E-state index is 13.0. The van der Waals surface area contributed by atoms with Gasteiger partial charge in [0, 0.05) is 44.2 Å². The van der Waals surface area contributed by atoms with Crippen LogP contribution < -0.4 is 5.32 Å². The zero-order chi connectivity index (χ0) is 19.5. The molecule has 2 fully saturated rings. The first kappa shape index (κ1) is 20.7. The van der Waals surface area contributed by atoms with Crippen molar-refractivity contribution < 1.29 is 14.4 Å². The molecule has 0 aromatic rings. The van der Waals surface area contributed by atoms with Gasteiger partial charge in [-0.05, 0) is 26.7 Å². The summed E-state index contributed by atoms with van der Waals surface area (Å²) in [6.07, 6.45) is 1.63. The highest BCUT2D eigenvalue weighted by atomic mass is 16.2. The molecular formula is C19H34N4O3. The first-order valence-corrected chi connectivity index (χ1v) is 9.71. The van der Waals surface area contributed by atoms with Crippen molar-refractivity contribution in [3.05, 3.63) is 0 Å². The molecule has 2 aliphatic heterocycles. The van der Waals surface area contributed by atoms with Gasteiger partial charge >= 0.3 is 0 Å². The van der Waals surface area contributed by atoms with E-state index in [2.05, 4.69) is 10.2 Å². The highest BCUT2D eigenvalue weighted by Gasteiger charge is 2.40. The average molecular weight is 367 g/mol. The number of rotatable bonds is 4. The molecule has 7 nitrogen and oxygen atoms in total. The summed E-state index contributed by atoms with van der Waals surface area (Å²) in [5.41, 5.74) is -0.467. The summed E-state index contributed by atoms with van der Waals surface area (Å²) < 4.78 is 0. The van der Waals surface area contributed by atoms with E-state index < -0.39 is 5.41 Å². The van der Waals surface area contributed by atoms with E-state index in [1.807, 2.05) is 39.5 Å². The summed E-state index contributed by atoms with van der Waals surface area (Å²) in [5, 5.41) is 2.90. The van der Waals surface area contributed by atoms with Crippen molar-refractivity contribution in [2.24, 2.45) is 5.41 Å². The van der Waals surface area contributed by atoms with E-state index in [-0.39, 0.29) is 29.8 Å². The smallest absolute Gasteiger partial charge is 0.245 e. The SMILES string of the molecule is CC(C)NC(=O)CN1CCN(C(=O)C2CCCN2C(=O)C(C)(C)C)CC1. The molecule has 0 saturated carbocycles. The van der Waals surface area contributed by atoms with Crippen molar-refractivity contribution in [1.29, 1.82) is 0 Å². The first-order valence-electron chi connectivity index (χ1n) is 9.71. The predicted octanol–water partition coefficient (Wildman–Crippen LogP) is 0.692. The summed E-state index contributed by atoms with van der Waals surface area (Å²) in [6.45, 7) is 13.2.